The van der Waals surface area contributed by atoms with E-state index in [9.17, 15) is 9.90 Å². The Kier molecular flexibility index (Phi) is 5.62. The summed E-state index contributed by atoms with van der Waals surface area (Å²) in [6.45, 7) is -0.0967. The minimum Gasteiger partial charge on any atom is -0.461 e. The Bertz CT molecular complexity index is 736. The summed E-state index contributed by atoms with van der Waals surface area (Å²) in [4.78, 5) is 15.5. The van der Waals surface area contributed by atoms with E-state index < -0.39 is 0 Å². The number of aliphatic hydroxyl groups excluding tert-OH is 1. The molecule has 0 aromatic carbocycles. The number of aromatic nitrogens is 1. The second-order valence-corrected chi connectivity index (χ2v) is 7.85. The van der Waals surface area contributed by atoms with Crippen LogP contribution in [0.2, 0.25) is 0 Å². The minimum atomic E-state index is -0.0967. The standard InChI is InChI=1S/C21H28N2O4/c24-13-15-11-19(26-14-15)20-12-18(22-27-20)21(25)23(16-7-3-1-4-8-16)17-9-5-2-6-10-17/h11-12,14,16-17,24H,1-10,13H2. The monoisotopic (exact) mass is 372 g/mol. The van der Waals surface area contributed by atoms with Gasteiger partial charge in [-0.1, -0.05) is 43.7 Å². The predicted molar refractivity (Wildman–Crippen MR) is 100 cm³/mol. The molecule has 2 aromatic heterocycles. The van der Waals surface area contributed by atoms with Crippen LogP contribution >= 0.6 is 0 Å². The zero-order valence-corrected chi connectivity index (χ0v) is 15.7. The molecule has 0 spiro atoms. The van der Waals surface area contributed by atoms with Crippen LogP contribution in [0.5, 0.6) is 0 Å². The molecule has 1 N–H and O–H groups in total. The van der Waals surface area contributed by atoms with Gasteiger partial charge in [0.2, 0.25) is 5.76 Å². The maximum absolute atomic E-state index is 13.4. The van der Waals surface area contributed by atoms with Gasteiger partial charge in [-0.25, -0.2) is 0 Å². The van der Waals surface area contributed by atoms with Crippen LogP contribution in [0.4, 0.5) is 0 Å². The average molecular weight is 372 g/mol. The smallest absolute Gasteiger partial charge is 0.276 e. The summed E-state index contributed by atoms with van der Waals surface area (Å²) in [6.07, 6.45) is 13.2. The lowest BCUT2D eigenvalue weighted by atomic mass is 9.88. The highest BCUT2D eigenvalue weighted by Gasteiger charge is 2.34. The van der Waals surface area contributed by atoms with Crippen LogP contribution in [-0.2, 0) is 6.61 Å². The van der Waals surface area contributed by atoms with Crippen molar-refractivity contribution in [2.75, 3.05) is 0 Å². The fourth-order valence-corrected chi connectivity index (χ4v) is 4.56. The van der Waals surface area contributed by atoms with E-state index in [1.165, 1.54) is 44.8 Å². The number of rotatable bonds is 5. The number of hydrogen-bond donors (Lipinski definition) is 1. The Morgan fingerprint density at radius 3 is 2.19 bits per heavy atom. The molecule has 2 aromatic rings. The van der Waals surface area contributed by atoms with Gasteiger partial charge in [0, 0.05) is 23.7 Å². The van der Waals surface area contributed by atoms with E-state index >= 15 is 0 Å². The fourth-order valence-electron chi connectivity index (χ4n) is 4.56. The highest BCUT2D eigenvalue weighted by molar-refractivity contribution is 5.93. The summed E-state index contributed by atoms with van der Waals surface area (Å²) in [7, 11) is 0. The van der Waals surface area contributed by atoms with Crippen LogP contribution in [0.1, 0.15) is 80.3 Å². The summed E-state index contributed by atoms with van der Waals surface area (Å²) in [5.74, 6) is 0.885. The van der Waals surface area contributed by atoms with Crippen molar-refractivity contribution in [3.63, 3.8) is 0 Å². The van der Waals surface area contributed by atoms with Crippen LogP contribution in [0.15, 0.2) is 27.3 Å². The summed E-state index contributed by atoms with van der Waals surface area (Å²) in [5.41, 5.74) is 1.02. The average Bonchev–Trinajstić information content (AvgIpc) is 3.39. The van der Waals surface area contributed by atoms with E-state index in [0.29, 0.717) is 34.9 Å². The zero-order chi connectivity index (χ0) is 18.6. The molecule has 6 nitrogen and oxygen atoms in total. The highest BCUT2D eigenvalue weighted by atomic mass is 16.5. The van der Waals surface area contributed by atoms with Gasteiger partial charge in [-0.2, -0.15) is 0 Å². The van der Waals surface area contributed by atoms with Crippen molar-refractivity contribution in [2.45, 2.75) is 82.9 Å². The molecule has 0 radical (unpaired) electrons. The topological polar surface area (TPSA) is 79.7 Å². The van der Waals surface area contributed by atoms with E-state index in [0.717, 1.165) is 25.7 Å². The first kappa shape index (κ1) is 18.3. The molecule has 2 aliphatic rings. The lowest BCUT2D eigenvalue weighted by molar-refractivity contribution is 0.0438. The molecule has 1 amide bonds. The summed E-state index contributed by atoms with van der Waals surface area (Å²) < 4.78 is 10.8. The summed E-state index contributed by atoms with van der Waals surface area (Å²) >= 11 is 0. The molecular weight excluding hydrogens is 344 g/mol. The number of nitrogens with zero attached hydrogens (tertiary/aromatic N) is 2. The van der Waals surface area contributed by atoms with Crippen molar-refractivity contribution in [1.82, 2.24) is 10.1 Å². The Morgan fingerprint density at radius 1 is 1.00 bits per heavy atom. The largest absolute Gasteiger partial charge is 0.461 e. The molecule has 0 aliphatic heterocycles. The van der Waals surface area contributed by atoms with Gasteiger partial charge in [-0.05, 0) is 31.7 Å². The maximum Gasteiger partial charge on any atom is 0.276 e. The molecule has 2 heterocycles. The number of hydrogen-bond acceptors (Lipinski definition) is 5. The van der Waals surface area contributed by atoms with Crippen LogP contribution < -0.4 is 0 Å². The molecule has 2 aliphatic carbocycles. The SMILES string of the molecule is O=C(c1cc(-c2cc(CO)co2)on1)N(C1CCCCC1)C1CCCCC1. The molecule has 0 atom stereocenters. The van der Waals surface area contributed by atoms with Crippen molar-refractivity contribution < 1.29 is 18.8 Å². The second-order valence-electron chi connectivity index (χ2n) is 7.85. The van der Waals surface area contributed by atoms with Crippen molar-refractivity contribution in [2.24, 2.45) is 0 Å². The molecule has 0 saturated heterocycles. The second kappa shape index (κ2) is 8.30. The van der Waals surface area contributed by atoms with Gasteiger partial charge in [0.15, 0.2) is 11.5 Å². The van der Waals surface area contributed by atoms with Crippen molar-refractivity contribution in [1.29, 1.82) is 0 Å². The molecule has 2 saturated carbocycles. The van der Waals surface area contributed by atoms with Gasteiger partial charge in [0.05, 0.1) is 12.9 Å². The normalized spacial score (nSPS) is 19.3. The number of carbonyl (C=O) groups excluding carboxylic acids is 1. The first-order chi connectivity index (χ1) is 13.3. The Balaban J connectivity index is 1.57. The van der Waals surface area contributed by atoms with Gasteiger partial charge in [0.1, 0.15) is 0 Å². The highest BCUT2D eigenvalue weighted by Crippen LogP contribution is 2.32. The van der Waals surface area contributed by atoms with E-state index in [-0.39, 0.29) is 12.5 Å². The Labute approximate surface area is 159 Å². The zero-order valence-electron chi connectivity index (χ0n) is 15.7. The summed E-state index contributed by atoms with van der Waals surface area (Å²) in [6, 6.07) is 4.01. The third-order valence-electron chi connectivity index (χ3n) is 5.98. The lowest BCUT2D eigenvalue weighted by Crippen LogP contribution is -2.48. The molecular formula is C21H28N2O4. The van der Waals surface area contributed by atoms with E-state index in [2.05, 4.69) is 10.1 Å². The van der Waals surface area contributed by atoms with Crippen LogP contribution in [0, 0.1) is 0 Å². The number of carbonyl (C=O) groups is 1. The predicted octanol–water partition coefficient (Wildman–Crippen LogP) is 4.53. The number of amides is 1. The molecule has 146 valence electrons. The molecule has 0 unspecified atom stereocenters. The van der Waals surface area contributed by atoms with Crippen molar-refractivity contribution in [3.05, 3.63) is 29.7 Å². The number of furan rings is 1. The van der Waals surface area contributed by atoms with E-state index in [4.69, 9.17) is 8.94 Å². The fraction of sp³-hybridized carbons (Fsp3) is 0.619. The molecule has 6 heteroatoms. The van der Waals surface area contributed by atoms with Crippen molar-refractivity contribution in [3.8, 4) is 11.5 Å². The van der Waals surface area contributed by atoms with Crippen LogP contribution in [0.3, 0.4) is 0 Å². The van der Waals surface area contributed by atoms with E-state index in [1.54, 1.807) is 12.1 Å². The third-order valence-corrected chi connectivity index (χ3v) is 5.98. The van der Waals surface area contributed by atoms with Crippen molar-refractivity contribution >= 4 is 5.91 Å². The van der Waals surface area contributed by atoms with E-state index in [1.807, 2.05) is 0 Å². The van der Waals surface area contributed by atoms with Gasteiger partial charge < -0.3 is 18.9 Å². The number of aliphatic hydroxyl groups is 1. The first-order valence-corrected chi connectivity index (χ1v) is 10.2. The molecule has 2 fully saturated rings. The Hall–Kier alpha value is -2.08. The lowest BCUT2D eigenvalue weighted by Gasteiger charge is -2.41. The molecule has 0 bridgehead atoms. The Morgan fingerprint density at radius 2 is 1.63 bits per heavy atom. The van der Waals surface area contributed by atoms with Gasteiger partial charge >= 0.3 is 0 Å². The summed E-state index contributed by atoms with van der Waals surface area (Å²) in [5, 5.41) is 13.2. The van der Waals surface area contributed by atoms with Gasteiger partial charge in [-0.15, -0.1) is 0 Å². The minimum absolute atomic E-state index is 0.0160. The van der Waals surface area contributed by atoms with Crippen LogP contribution in [-0.4, -0.2) is 33.2 Å². The third kappa shape index (κ3) is 3.95. The van der Waals surface area contributed by atoms with Gasteiger partial charge in [0.25, 0.3) is 5.91 Å². The maximum atomic E-state index is 13.4. The molecule has 27 heavy (non-hydrogen) atoms. The molecule has 4 rings (SSSR count). The quantitative estimate of drug-likeness (QED) is 0.834. The first-order valence-electron chi connectivity index (χ1n) is 10.2. The van der Waals surface area contributed by atoms with Crippen LogP contribution in [0.25, 0.3) is 11.5 Å². The van der Waals surface area contributed by atoms with Gasteiger partial charge in [-0.3, -0.25) is 4.79 Å².